The Kier molecular flexibility index (Phi) is 7.61. The van der Waals surface area contributed by atoms with Gasteiger partial charge < -0.3 is 9.47 Å². The second-order valence-corrected chi connectivity index (χ2v) is 8.78. The smallest absolute Gasteiger partial charge is 0.293 e. The van der Waals surface area contributed by atoms with Crippen molar-refractivity contribution in [2.24, 2.45) is 0 Å². The Hall–Kier alpha value is -2.25. The summed E-state index contributed by atoms with van der Waals surface area (Å²) in [7, 11) is 0. The lowest BCUT2D eigenvalue weighted by molar-refractivity contribution is -0.123. The monoisotopic (exact) mass is 489 g/mol. The Bertz CT molecular complexity index is 958. The third kappa shape index (κ3) is 5.46. The van der Waals surface area contributed by atoms with Crippen LogP contribution in [0.2, 0.25) is 0 Å². The van der Waals surface area contributed by atoms with Crippen molar-refractivity contribution in [3.63, 3.8) is 0 Å². The van der Waals surface area contributed by atoms with E-state index in [4.69, 9.17) is 9.47 Å². The van der Waals surface area contributed by atoms with Crippen LogP contribution < -0.4 is 9.47 Å². The van der Waals surface area contributed by atoms with Gasteiger partial charge in [-0.2, -0.15) is 0 Å². The zero-order valence-corrected chi connectivity index (χ0v) is 19.6. The average Bonchev–Trinajstić information content (AvgIpc) is 2.99. The number of rotatable bonds is 8. The molecule has 1 aliphatic rings. The SMILES string of the molecule is CCOc1cc(/C=C2/SC(=O)N(Cc3ccc(Br)cc3)C2=O)ccc1O[C@@H](C)CC. The molecule has 2 aromatic carbocycles. The highest BCUT2D eigenvalue weighted by atomic mass is 79.9. The first kappa shape index (κ1) is 22.4. The average molecular weight is 490 g/mol. The summed E-state index contributed by atoms with van der Waals surface area (Å²) < 4.78 is 12.6. The van der Waals surface area contributed by atoms with Crippen molar-refractivity contribution in [2.75, 3.05) is 6.61 Å². The predicted octanol–water partition coefficient (Wildman–Crippen LogP) is 6.26. The zero-order chi connectivity index (χ0) is 21.7. The lowest BCUT2D eigenvalue weighted by Gasteiger charge is -2.16. The molecule has 2 amide bonds. The number of halogens is 1. The molecule has 7 heteroatoms. The lowest BCUT2D eigenvalue weighted by atomic mass is 10.1. The quantitative estimate of drug-likeness (QED) is 0.409. The molecule has 2 aromatic rings. The molecule has 0 aliphatic carbocycles. The van der Waals surface area contributed by atoms with E-state index in [1.807, 2.05) is 56.3 Å². The number of amides is 2. The molecule has 0 bridgehead atoms. The predicted molar refractivity (Wildman–Crippen MR) is 124 cm³/mol. The van der Waals surface area contributed by atoms with E-state index in [0.29, 0.717) is 23.0 Å². The maximum absolute atomic E-state index is 12.8. The minimum atomic E-state index is -0.286. The second-order valence-electron chi connectivity index (χ2n) is 6.87. The molecule has 1 saturated heterocycles. The fourth-order valence-electron chi connectivity index (χ4n) is 2.84. The molecule has 0 aromatic heterocycles. The van der Waals surface area contributed by atoms with Gasteiger partial charge in [-0.15, -0.1) is 0 Å². The Morgan fingerprint density at radius 1 is 1.10 bits per heavy atom. The highest BCUT2D eigenvalue weighted by Crippen LogP contribution is 2.35. The first-order valence-corrected chi connectivity index (χ1v) is 11.5. The molecule has 0 N–H and O–H groups in total. The van der Waals surface area contributed by atoms with E-state index in [1.54, 1.807) is 6.08 Å². The van der Waals surface area contributed by atoms with Gasteiger partial charge >= 0.3 is 0 Å². The molecule has 0 radical (unpaired) electrons. The van der Waals surface area contributed by atoms with Crippen molar-refractivity contribution in [3.05, 3.63) is 63.0 Å². The van der Waals surface area contributed by atoms with Crippen LogP contribution in [0.3, 0.4) is 0 Å². The highest BCUT2D eigenvalue weighted by molar-refractivity contribution is 9.10. The fourth-order valence-corrected chi connectivity index (χ4v) is 3.94. The van der Waals surface area contributed by atoms with Gasteiger partial charge in [0.15, 0.2) is 11.5 Å². The van der Waals surface area contributed by atoms with E-state index in [1.165, 1.54) is 4.90 Å². The first-order valence-electron chi connectivity index (χ1n) is 9.84. The Labute approximate surface area is 189 Å². The zero-order valence-electron chi connectivity index (χ0n) is 17.2. The van der Waals surface area contributed by atoms with Crippen LogP contribution in [-0.4, -0.2) is 28.8 Å². The lowest BCUT2D eigenvalue weighted by Crippen LogP contribution is -2.27. The molecule has 1 heterocycles. The number of hydrogen-bond donors (Lipinski definition) is 0. The van der Waals surface area contributed by atoms with Crippen molar-refractivity contribution in [1.29, 1.82) is 0 Å². The number of imide groups is 1. The first-order chi connectivity index (χ1) is 14.4. The number of nitrogens with zero attached hydrogens (tertiary/aromatic N) is 1. The van der Waals surface area contributed by atoms with Crippen molar-refractivity contribution in [2.45, 2.75) is 39.8 Å². The number of thioether (sulfide) groups is 1. The van der Waals surface area contributed by atoms with Gasteiger partial charge in [0.1, 0.15) is 0 Å². The fraction of sp³-hybridized carbons (Fsp3) is 0.304. The largest absolute Gasteiger partial charge is 0.490 e. The van der Waals surface area contributed by atoms with Crippen molar-refractivity contribution in [1.82, 2.24) is 4.90 Å². The molecular weight excluding hydrogens is 466 g/mol. The molecule has 1 atom stereocenters. The summed E-state index contributed by atoms with van der Waals surface area (Å²) >= 11 is 4.34. The van der Waals surface area contributed by atoms with Crippen molar-refractivity contribution >= 4 is 44.9 Å². The molecule has 158 valence electrons. The van der Waals surface area contributed by atoms with Gasteiger partial charge in [-0.25, -0.2) is 0 Å². The van der Waals surface area contributed by atoms with Crippen LogP contribution in [0, 0.1) is 0 Å². The normalized spacial score (nSPS) is 16.3. The molecule has 3 rings (SSSR count). The Balaban J connectivity index is 1.80. The summed E-state index contributed by atoms with van der Waals surface area (Å²) in [5, 5.41) is -0.268. The Morgan fingerprint density at radius 3 is 2.50 bits per heavy atom. The molecule has 0 spiro atoms. The molecule has 0 unspecified atom stereocenters. The molecular formula is C23H24BrNO4S. The third-order valence-corrected chi connectivity index (χ3v) is 6.03. The molecule has 1 fully saturated rings. The summed E-state index contributed by atoms with van der Waals surface area (Å²) in [6.07, 6.45) is 2.69. The minimum absolute atomic E-state index is 0.0742. The Morgan fingerprint density at radius 2 is 1.83 bits per heavy atom. The van der Waals surface area contributed by atoms with Crippen LogP contribution >= 0.6 is 27.7 Å². The molecule has 0 saturated carbocycles. The second kappa shape index (κ2) is 10.2. The van der Waals surface area contributed by atoms with E-state index in [0.717, 1.165) is 33.8 Å². The third-order valence-electron chi connectivity index (χ3n) is 4.60. The number of carbonyl (C=O) groups excluding carboxylic acids is 2. The van der Waals surface area contributed by atoms with Crippen LogP contribution in [-0.2, 0) is 11.3 Å². The topological polar surface area (TPSA) is 55.8 Å². The van der Waals surface area contributed by atoms with Gasteiger partial charge in [-0.3, -0.25) is 14.5 Å². The number of ether oxygens (including phenoxy) is 2. The molecule has 30 heavy (non-hydrogen) atoms. The number of hydrogen-bond acceptors (Lipinski definition) is 5. The van der Waals surface area contributed by atoms with Crippen molar-refractivity contribution < 1.29 is 19.1 Å². The summed E-state index contributed by atoms with van der Waals surface area (Å²) in [5.41, 5.74) is 1.68. The van der Waals surface area contributed by atoms with E-state index in [-0.39, 0.29) is 23.8 Å². The maximum Gasteiger partial charge on any atom is 0.293 e. The summed E-state index contributed by atoms with van der Waals surface area (Å²) in [4.78, 5) is 26.9. The van der Waals surface area contributed by atoms with Gasteiger partial charge in [0.2, 0.25) is 0 Å². The summed E-state index contributed by atoms with van der Waals surface area (Å²) in [5.74, 6) is 1.01. The van der Waals surface area contributed by atoms with Crippen LogP contribution in [0.4, 0.5) is 4.79 Å². The van der Waals surface area contributed by atoms with E-state index in [2.05, 4.69) is 22.9 Å². The van der Waals surface area contributed by atoms with Crippen LogP contribution in [0.1, 0.15) is 38.3 Å². The minimum Gasteiger partial charge on any atom is -0.490 e. The standard InChI is InChI=1S/C23H24BrNO4S/c1-4-15(3)29-19-11-8-17(12-20(19)28-5-2)13-21-22(26)25(23(27)30-21)14-16-6-9-18(24)10-7-16/h6-13,15H,4-5,14H2,1-3H3/b21-13+/t15-/m0/s1. The summed E-state index contributed by atoms with van der Waals surface area (Å²) in [6, 6.07) is 13.1. The molecule has 1 aliphatic heterocycles. The van der Waals surface area contributed by atoms with E-state index < -0.39 is 0 Å². The van der Waals surface area contributed by atoms with E-state index in [9.17, 15) is 9.59 Å². The summed E-state index contributed by atoms with van der Waals surface area (Å²) in [6.45, 7) is 6.73. The van der Waals surface area contributed by atoms with Gasteiger partial charge in [0.25, 0.3) is 11.1 Å². The maximum atomic E-state index is 12.8. The van der Waals surface area contributed by atoms with Crippen LogP contribution in [0.5, 0.6) is 11.5 Å². The molecule has 5 nitrogen and oxygen atoms in total. The van der Waals surface area contributed by atoms with Gasteiger partial charge in [-0.1, -0.05) is 41.1 Å². The van der Waals surface area contributed by atoms with Crippen LogP contribution in [0.25, 0.3) is 6.08 Å². The number of carbonyl (C=O) groups is 2. The van der Waals surface area contributed by atoms with Gasteiger partial charge in [0.05, 0.1) is 24.2 Å². The van der Waals surface area contributed by atoms with Gasteiger partial charge in [-0.05, 0) is 73.5 Å². The van der Waals surface area contributed by atoms with E-state index >= 15 is 0 Å². The van der Waals surface area contributed by atoms with Crippen LogP contribution in [0.15, 0.2) is 51.8 Å². The van der Waals surface area contributed by atoms with Gasteiger partial charge in [0, 0.05) is 4.47 Å². The highest BCUT2D eigenvalue weighted by Gasteiger charge is 2.35. The van der Waals surface area contributed by atoms with Crippen molar-refractivity contribution in [3.8, 4) is 11.5 Å². The number of benzene rings is 2.